The van der Waals surface area contributed by atoms with E-state index < -0.39 is 12.4 Å². The minimum Gasteiger partial charge on any atom is -0.772 e. The second-order valence-corrected chi connectivity index (χ2v) is 0.189. The first-order valence-electron chi connectivity index (χ1n) is 0.321. The van der Waals surface area contributed by atoms with Gasteiger partial charge in [0.05, 0.1) is 0 Å². The zero-order valence-electron chi connectivity index (χ0n) is 2.19. The van der Waals surface area contributed by atoms with Crippen molar-refractivity contribution in [1.82, 2.24) is 0 Å². The minimum absolute atomic E-state index is 0. The summed E-state index contributed by atoms with van der Waals surface area (Å²) in [4.78, 5) is 0. The van der Waals surface area contributed by atoms with E-state index in [0.29, 0.717) is 0 Å². The molecule has 0 unspecified atom stereocenters. The first-order chi connectivity index (χ1) is 1.41. The third kappa shape index (κ3) is 9.11. The molecule has 0 N–H and O–H groups in total. The van der Waals surface area contributed by atoms with Crippen molar-refractivity contribution >= 4 is 12.4 Å². The third-order valence-electron chi connectivity index (χ3n) is 0. The molecule has 0 amide bonds. The number of hydrogen-bond acceptors (Lipinski definition) is 2. The largest absolute Gasteiger partial charge is 1.00 e. The zero-order valence-corrected chi connectivity index (χ0v) is 6.13. The van der Waals surface area contributed by atoms with Crippen LogP contribution in [0.2, 0.25) is 0 Å². The summed E-state index contributed by atoms with van der Waals surface area (Å²) in [5.41, 5.74) is 0. The monoisotopic (exact) mass is 106 g/mol. The van der Waals surface area contributed by atoms with Crippen LogP contribution < -0.4 is 51.4 Å². The summed E-state index contributed by atoms with van der Waals surface area (Å²) in [5.74, 6) is 0. The molecule has 0 aromatic rings. The van der Waals surface area contributed by atoms with Crippen LogP contribution in [0.5, 0.6) is 0 Å². The zero-order chi connectivity index (χ0) is 2.71. The first-order valence-corrected chi connectivity index (χ1v) is 0.963. The SMILES string of the molecule is [K+].[O-]SF. The van der Waals surface area contributed by atoms with Crippen molar-refractivity contribution in [2.75, 3.05) is 0 Å². The van der Waals surface area contributed by atoms with Gasteiger partial charge >= 0.3 is 51.4 Å². The average molecular weight is 106 g/mol. The van der Waals surface area contributed by atoms with Gasteiger partial charge in [-0.05, 0) is 12.4 Å². The predicted molar refractivity (Wildman–Crippen MR) is 9.48 cm³/mol. The molecule has 0 aromatic heterocycles. The molecule has 0 spiro atoms. The van der Waals surface area contributed by atoms with Crippen LogP contribution in [-0.2, 0) is 0 Å². The van der Waals surface area contributed by atoms with Crippen LogP contribution in [0.4, 0.5) is 3.89 Å². The number of rotatable bonds is 0. The third-order valence-corrected chi connectivity index (χ3v) is 0. The molecule has 20 valence electrons. The van der Waals surface area contributed by atoms with Crippen molar-refractivity contribution in [1.29, 1.82) is 0 Å². The molecule has 0 radical (unpaired) electrons. The van der Waals surface area contributed by atoms with Gasteiger partial charge in [-0.1, -0.05) is 0 Å². The summed E-state index contributed by atoms with van der Waals surface area (Å²) in [7, 11) is 0. The molecule has 0 rings (SSSR count). The molecule has 4 heavy (non-hydrogen) atoms. The Morgan fingerprint density at radius 2 is 1.75 bits per heavy atom. The number of halogens is 1. The summed E-state index contributed by atoms with van der Waals surface area (Å²) in [6.07, 6.45) is 0. The molecule has 1 nitrogen and oxygen atoms in total. The molecular formula is FKOS. The fourth-order valence-corrected chi connectivity index (χ4v) is 0. The van der Waals surface area contributed by atoms with Crippen LogP contribution in [0.1, 0.15) is 0 Å². The average Bonchev–Trinajstić information content (AvgIpc) is 0.918. The van der Waals surface area contributed by atoms with Gasteiger partial charge in [-0.2, -0.15) is 3.89 Å². The minimum atomic E-state index is -1.00. The van der Waals surface area contributed by atoms with Crippen LogP contribution in [0.3, 0.4) is 0 Å². The molecule has 0 aliphatic rings. The Balaban J connectivity index is 0. The normalized spacial score (nSPS) is 4.50. The Hall–Kier alpha value is 1.88. The molecule has 0 aliphatic heterocycles. The second-order valence-electron chi connectivity index (χ2n) is 0.0630. The van der Waals surface area contributed by atoms with Crippen molar-refractivity contribution in [3.8, 4) is 0 Å². The smallest absolute Gasteiger partial charge is 0.772 e. The van der Waals surface area contributed by atoms with Gasteiger partial charge < -0.3 is 4.55 Å². The molecule has 4 heteroatoms. The Labute approximate surface area is 70.9 Å². The molecule has 0 saturated carbocycles. The summed E-state index contributed by atoms with van der Waals surface area (Å²) < 4.78 is 17.8. The van der Waals surface area contributed by atoms with E-state index in [1.807, 2.05) is 0 Å². The predicted octanol–water partition coefficient (Wildman–Crippen LogP) is -2.26. The van der Waals surface area contributed by atoms with E-state index in [9.17, 15) is 3.89 Å². The number of hydrogen-bond donors (Lipinski definition) is 0. The van der Waals surface area contributed by atoms with Crippen LogP contribution in [-0.4, -0.2) is 4.55 Å². The van der Waals surface area contributed by atoms with E-state index >= 15 is 0 Å². The topological polar surface area (TPSA) is 23.1 Å². The summed E-state index contributed by atoms with van der Waals surface area (Å²) in [5, 5.41) is 0. The van der Waals surface area contributed by atoms with Crippen molar-refractivity contribution in [2.45, 2.75) is 0 Å². The fraction of sp³-hybridized carbons (Fsp3) is 0. The Kier molecular flexibility index (Phi) is 20.6. The van der Waals surface area contributed by atoms with Crippen molar-refractivity contribution in [3.05, 3.63) is 0 Å². The molecular weight excluding hydrogens is 106 g/mol. The Morgan fingerprint density at radius 3 is 1.75 bits per heavy atom. The Bertz CT molecular complexity index is 8.00. The quantitative estimate of drug-likeness (QED) is 0.257. The van der Waals surface area contributed by atoms with Gasteiger partial charge in [-0.15, -0.1) is 0 Å². The van der Waals surface area contributed by atoms with E-state index in [0.717, 1.165) is 0 Å². The molecule has 0 heterocycles. The van der Waals surface area contributed by atoms with Gasteiger partial charge in [0.2, 0.25) is 0 Å². The van der Waals surface area contributed by atoms with E-state index in [4.69, 9.17) is 4.55 Å². The van der Waals surface area contributed by atoms with E-state index in [2.05, 4.69) is 0 Å². The molecule has 0 bridgehead atoms. The van der Waals surface area contributed by atoms with E-state index in [-0.39, 0.29) is 51.4 Å². The fourth-order valence-electron chi connectivity index (χ4n) is 0. The molecule has 0 aromatic carbocycles. The van der Waals surface area contributed by atoms with E-state index in [1.165, 1.54) is 0 Å². The summed E-state index contributed by atoms with van der Waals surface area (Å²) in [6, 6.07) is 0. The van der Waals surface area contributed by atoms with Crippen molar-refractivity contribution in [3.63, 3.8) is 0 Å². The second kappa shape index (κ2) is 8.86. The van der Waals surface area contributed by atoms with Crippen molar-refractivity contribution < 1.29 is 59.8 Å². The Morgan fingerprint density at radius 1 is 1.75 bits per heavy atom. The van der Waals surface area contributed by atoms with Crippen LogP contribution in [0.25, 0.3) is 0 Å². The molecule has 0 atom stereocenters. The van der Waals surface area contributed by atoms with Gasteiger partial charge in [-0.3, -0.25) is 0 Å². The maximum absolute atomic E-state index is 9.65. The van der Waals surface area contributed by atoms with Crippen LogP contribution in [0.15, 0.2) is 0 Å². The van der Waals surface area contributed by atoms with Gasteiger partial charge in [0.1, 0.15) is 0 Å². The van der Waals surface area contributed by atoms with E-state index in [1.54, 1.807) is 0 Å². The maximum atomic E-state index is 9.65. The summed E-state index contributed by atoms with van der Waals surface area (Å²) in [6.45, 7) is 0. The maximum Gasteiger partial charge on any atom is 1.00 e. The van der Waals surface area contributed by atoms with Gasteiger partial charge in [0.15, 0.2) is 0 Å². The molecule has 0 aliphatic carbocycles. The van der Waals surface area contributed by atoms with Gasteiger partial charge in [-0.25, -0.2) is 0 Å². The first kappa shape index (κ1) is 9.30. The molecule has 0 saturated heterocycles. The van der Waals surface area contributed by atoms with Crippen LogP contribution >= 0.6 is 12.4 Å². The standard InChI is InChI=1S/FHOS.K/c1-3-2;/h2H;/q;+1/p-1. The summed E-state index contributed by atoms with van der Waals surface area (Å²) >= 11 is -1.00. The van der Waals surface area contributed by atoms with Crippen LogP contribution in [0, 0.1) is 0 Å². The van der Waals surface area contributed by atoms with Gasteiger partial charge in [0, 0.05) is 0 Å². The van der Waals surface area contributed by atoms with Gasteiger partial charge in [0.25, 0.3) is 0 Å². The van der Waals surface area contributed by atoms with Crippen molar-refractivity contribution in [2.24, 2.45) is 0 Å². The molecule has 0 fully saturated rings.